The van der Waals surface area contributed by atoms with Gasteiger partial charge in [0.15, 0.2) is 0 Å². The Balaban J connectivity index is 1.15. The smallest absolute Gasteiger partial charge is 0.258 e. The number of halogens is 1. The second-order valence-electron chi connectivity index (χ2n) is 10.1. The second-order valence-corrected chi connectivity index (χ2v) is 12.0. The Labute approximate surface area is 193 Å². The number of hydrogen-bond acceptors (Lipinski definition) is 5. The monoisotopic (exact) mass is 470 g/mol. The van der Waals surface area contributed by atoms with Crippen molar-refractivity contribution in [2.24, 2.45) is 5.41 Å². The Kier molecular flexibility index (Phi) is 4.61. The second kappa shape index (κ2) is 7.24. The highest BCUT2D eigenvalue weighted by molar-refractivity contribution is 7.89. The number of amides is 1. The molecule has 0 unspecified atom stereocenters. The zero-order chi connectivity index (χ0) is 23.0. The highest BCUT2D eigenvalue weighted by Gasteiger charge is 2.58. The lowest BCUT2D eigenvalue weighted by molar-refractivity contribution is -0.0727. The van der Waals surface area contributed by atoms with Gasteiger partial charge in [-0.3, -0.25) is 4.79 Å². The first kappa shape index (κ1) is 21.0. The largest absolute Gasteiger partial charge is 0.367 e. The molecule has 174 valence electrons. The summed E-state index contributed by atoms with van der Waals surface area (Å²) in [6.07, 6.45) is 3.84. The van der Waals surface area contributed by atoms with Crippen molar-refractivity contribution >= 4 is 21.7 Å². The number of sulfonamides is 1. The number of carbonyl (C=O) groups excluding carboxylic acids is 1. The van der Waals surface area contributed by atoms with Crippen molar-refractivity contribution in [1.29, 1.82) is 0 Å². The summed E-state index contributed by atoms with van der Waals surface area (Å²) in [4.78, 5) is 19.8. The molecular weight excluding hydrogens is 443 g/mol. The summed E-state index contributed by atoms with van der Waals surface area (Å²) < 4.78 is 41.1. The normalized spacial score (nSPS) is 25.1. The molecule has 1 saturated heterocycles. The minimum absolute atomic E-state index is 0.00708. The number of hydrogen-bond donors (Lipinski definition) is 1. The van der Waals surface area contributed by atoms with Gasteiger partial charge in [0.25, 0.3) is 5.91 Å². The fourth-order valence-corrected chi connectivity index (χ4v) is 7.39. The van der Waals surface area contributed by atoms with Gasteiger partial charge in [0, 0.05) is 48.7 Å². The Morgan fingerprint density at radius 1 is 1.12 bits per heavy atom. The average Bonchev–Trinajstić information content (AvgIpc) is 3.57. The number of rotatable bonds is 4. The van der Waals surface area contributed by atoms with E-state index in [0.717, 1.165) is 31.4 Å². The highest BCUT2D eigenvalue weighted by atomic mass is 32.2. The molecule has 9 heteroatoms. The van der Waals surface area contributed by atoms with Crippen LogP contribution in [0.3, 0.4) is 0 Å². The molecule has 3 heterocycles. The summed E-state index contributed by atoms with van der Waals surface area (Å²) in [6.45, 7) is 3.42. The summed E-state index contributed by atoms with van der Waals surface area (Å²) in [5.41, 5.74) is 1.55. The predicted molar refractivity (Wildman–Crippen MR) is 121 cm³/mol. The molecule has 3 fully saturated rings. The maximum absolute atomic E-state index is 14.1. The first-order chi connectivity index (χ1) is 15.8. The van der Waals surface area contributed by atoms with E-state index >= 15 is 0 Å². The molecule has 1 aromatic carbocycles. The van der Waals surface area contributed by atoms with Gasteiger partial charge in [0.2, 0.25) is 10.0 Å². The van der Waals surface area contributed by atoms with E-state index in [1.807, 2.05) is 24.0 Å². The van der Waals surface area contributed by atoms with Gasteiger partial charge in [-0.05, 0) is 56.9 Å². The van der Waals surface area contributed by atoms with Gasteiger partial charge in [-0.15, -0.1) is 0 Å². The van der Waals surface area contributed by atoms with Crippen molar-refractivity contribution in [3.8, 4) is 0 Å². The molecule has 0 bridgehead atoms. The molecule has 2 aliphatic heterocycles. The third-order valence-electron chi connectivity index (χ3n) is 7.63. The molecule has 7 nitrogen and oxygen atoms in total. The van der Waals surface area contributed by atoms with Gasteiger partial charge in [-0.25, -0.2) is 17.8 Å². The molecule has 33 heavy (non-hydrogen) atoms. The Hall–Kier alpha value is -2.52. The molecule has 2 aromatic rings. The molecule has 1 spiro atoms. The zero-order valence-corrected chi connectivity index (χ0v) is 19.3. The maximum atomic E-state index is 14.1. The third kappa shape index (κ3) is 3.35. The molecule has 1 amide bonds. The van der Waals surface area contributed by atoms with Crippen LogP contribution in [0.5, 0.6) is 0 Å². The van der Waals surface area contributed by atoms with Crippen LogP contribution in [0.15, 0.2) is 41.3 Å². The molecule has 2 saturated carbocycles. The highest BCUT2D eigenvalue weighted by Crippen LogP contribution is 2.52. The van der Waals surface area contributed by atoms with Crippen LogP contribution in [0.25, 0.3) is 0 Å². The third-order valence-corrected chi connectivity index (χ3v) is 9.45. The Bertz CT molecular complexity index is 1230. The topological polar surface area (TPSA) is 82.6 Å². The van der Waals surface area contributed by atoms with Crippen LogP contribution in [0, 0.1) is 11.2 Å². The van der Waals surface area contributed by atoms with E-state index in [1.165, 1.54) is 28.6 Å². The van der Waals surface area contributed by atoms with Crippen molar-refractivity contribution in [2.75, 3.05) is 25.0 Å². The standard InChI is InChI=1S/C24H27FN4O3S/c1-15-12-26-22-18(8-9-20(27-22)16-6-7-16)23(30)29(15)17-10-24(11-17)13-28(14-24)33(31,32)21-5-3-2-4-19(21)25/h2-5,8-9,15-17H,6-7,10-14H2,1H3,(H,26,27)/t15-/m1/s1. The predicted octanol–water partition coefficient (Wildman–Crippen LogP) is 3.21. The van der Waals surface area contributed by atoms with E-state index in [9.17, 15) is 17.6 Å². The molecule has 1 atom stereocenters. The van der Waals surface area contributed by atoms with E-state index in [2.05, 4.69) is 5.32 Å². The van der Waals surface area contributed by atoms with Crippen molar-refractivity contribution < 1.29 is 17.6 Å². The molecule has 4 aliphatic rings. The summed E-state index contributed by atoms with van der Waals surface area (Å²) in [6, 6.07) is 9.45. The fourth-order valence-electron chi connectivity index (χ4n) is 5.66. The summed E-state index contributed by atoms with van der Waals surface area (Å²) >= 11 is 0. The summed E-state index contributed by atoms with van der Waals surface area (Å²) in [5.74, 6) is 0.474. The lowest BCUT2D eigenvalue weighted by Crippen LogP contribution is -2.68. The van der Waals surface area contributed by atoms with Gasteiger partial charge in [-0.1, -0.05) is 12.1 Å². The van der Waals surface area contributed by atoms with Gasteiger partial charge in [0.1, 0.15) is 16.5 Å². The SMILES string of the molecule is C[C@@H]1CNc2nc(C3CC3)ccc2C(=O)N1C1CC2(C1)CN(S(=O)(=O)c1ccccc1F)C2. The maximum Gasteiger partial charge on any atom is 0.258 e. The Morgan fingerprint density at radius 2 is 1.85 bits per heavy atom. The van der Waals surface area contributed by atoms with Crippen LogP contribution < -0.4 is 5.32 Å². The lowest BCUT2D eigenvalue weighted by Gasteiger charge is -2.60. The molecular formula is C24H27FN4O3S. The molecule has 0 radical (unpaired) electrons. The number of benzene rings is 1. The number of anilines is 1. The number of nitrogens with zero attached hydrogens (tertiary/aromatic N) is 3. The average molecular weight is 471 g/mol. The van der Waals surface area contributed by atoms with Gasteiger partial charge in [-0.2, -0.15) is 4.31 Å². The van der Waals surface area contributed by atoms with Gasteiger partial charge < -0.3 is 10.2 Å². The van der Waals surface area contributed by atoms with Crippen LogP contribution in [0.1, 0.15) is 54.6 Å². The van der Waals surface area contributed by atoms with Crippen LogP contribution in [-0.2, 0) is 10.0 Å². The van der Waals surface area contributed by atoms with Crippen LogP contribution >= 0.6 is 0 Å². The molecule has 1 aromatic heterocycles. The van der Waals surface area contributed by atoms with Crippen molar-refractivity contribution in [3.63, 3.8) is 0 Å². The van der Waals surface area contributed by atoms with Crippen LogP contribution in [0.2, 0.25) is 0 Å². The number of fused-ring (bicyclic) bond motifs is 1. The van der Waals surface area contributed by atoms with Crippen LogP contribution in [-0.4, -0.2) is 60.2 Å². The molecule has 1 N–H and O–H groups in total. The van der Waals surface area contributed by atoms with E-state index in [-0.39, 0.29) is 28.3 Å². The zero-order valence-electron chi connectivity index (χ0n) is 18.5. The quantitative estimate of drug-likeness (QED) is 0.742. The van der Waals surface area contributed by atoms with Crippen molar-refractivity contribution in [1.82, 2.24) is 14.2 Å². The fraction of sp³-hybridized carbons (Fsp3) is 0.500. The summed E-state index contributed by atoms with van der Waals surface area (Å²) in [7, 11) is -3.84. The minimum Gasteiger partial charge on any atom is -0.367 e. The van der Waals surface area contributed by atoms with Crippen LogP contribution in [0.4, 0.5) is 10.2 Å². The lowest BCUT2D eigenvalue weighted by atomic mass is 9.61. The first-order valence-corrected chi connectivity index (χ1v) is 13.0. The van der Waals surface area contributed by atoms with Crippen molar-refractivity contribution in [3.05, 3.63) is 53.5 Å². The van der Waals surface area contributed by atoms with Gasteiger partial charge >= 0.3 is 0 Å². The van der Waals surface area contributed by atoms with E-state index in [0.29, 0.717) is 36.9 Å². The van der Waals surface area contributed by atoms with E-state index < -0.39 is 15.8 Å². The number of nitrogens with one attached hydrogen (secondary N) is 1. The molecule has 2 aliphatic carbocycles. The minimum atomic E-state index is -3.84. The number of carbonyl (C=O) groups is 1. The number of aromatic nitrogens is 1. The van der Waals surface area contributed by atoms with E-state index in [1.54, 1.807) is 0 Å². The summed E-state index contributed by atoms with van der Waals surface area (Å²) in [5, 5.41) is 3.36. The number of pyridine rings is 1. The molecule has 6 rings (SSSR count). The van der Waals surface area contributed by atoms with Crippen molar-refractivity contribution in [2.45, 2.75) is 55.5 Å². The first-order valence-electron chi connectivity index (χ1n) is 11.6. The van der Waals surface area contributed by atoms with E-state index in [4.69, 9.17) is 4.98 Å². The van der Waals surface area contributed by atoms with Gasteiger partial charge in [0.05, 0.1) is 5.56 Å². The Morgan fingerprint density at radius 3 is 2.55 bits per heavy atom.